The fourth-order valence-electron chi connectivity index (χ4n) is 9.98. The Labute approximate surface area is 349 Å². The number of furan rings is 1. The van der Waals surface area contributed by atoms with E-state index in [4.69, 9.17) is 4.42 Å². The lowest BCUT2D eigenvalue weighted by Crippen LogP contribution is -2.16. The van der Waals surface area contributed by atoms with Crippen LogP contribution in [0.3, 0.4) is 0 Å². The molecule has 12 rings (SSSR count). The molecule has 3 nitrogen and oxygen atoms in total. The molecule has 0 unspecified atom stereocenters. The van der Waals surface area contributed by atoms with Crippen molar-refractivity contribution in [3.05, 3.63) is 217 Å². The Morgan fingerprint density at radius 2 is 1.10 bits per heavy atom. The first-order valence-electron chi connectivity index (χ1n) is 20.8. The molecular formula is C57H40N2O. The zero-order valence-corrected chi connectivity index (χ0v) is 33.4. The summed E-state index contributed by atoms with van der Waals surface area (Å²) in [5.74, 6) is 0. The fourth-order valence-corrected chi connectivity index (χ4v) is 9.98. The van der Waals surface area contributed by atoms with Gasteiger partial charge in [0.2, 0.25) is 0 Å². The molecule has 0 aliphatic heterocycles. The van der Waals surface area contributed by atoms with Crippen molar-refractivity contribution in [1.29, 1.82) is 0 Å². The zero-order chi connectivity index (χ0) is 40.0. The van der Waals surface area contributed by atoms with Gasteiger partial charge in [0.1, 0.15) is 11.2 Å². The number of hydrogen-bond acceptors (Lipinski definition) is 2. The number of aromatic nitrogens is 1. The second-order valence-electron chi connectivity index (χ2n) is 16.5. The average Bonchev–Trinajstić information content (AvgIpc) is 3.93. The summed E-state index contributed by atoms with van der Waals surface area (Å²) in [6.07, 6.45) is 0. The Kier molecular flexibility index (Phi) is 7.58. The van der Waals surface area contributed by atoms with Gasteiger partial charge in [-0.15, -0.1) is 0 Å². The molecule has 9 aromatic carbocycles. The first-order valence-corrected chi connectivity index (χ1v) is 20.8. The summed E-state index contributed by atoms with van der Waals surface area (Å²) in [7, 11) is 0. The van der Waals surface area contributed by atoms with Crippen LogP contribution < -0.4 is 4.90 Å². The second-order valence-corrected chi connectivity index (χ2v) is 16.5. The van der Waals surface area contributed by atoms with E-state index in [9.17, 15) is 0 Å². The molecule has 0 fully saturated rings. The molecule has 1 aliphatic carbocycles. The lowest BCUT2D eigenvalue weighted by atomic mass is 9.82. The largest absolute Gasteiger partial charge is 0.455 e. The zero-order valence-electron chi connectivity index (χ0n) is 33.4. The van der Waals surface area contributed by atoms with Gasteiger partial charge in [-0.2, -0.15) is 0 Å². The van der Waals surface area contributed by atoms with E-state index in [0.717, 1.165) is 55.8 Å². The third-order valence-electron chi connectivity index (χ3n) is 12.8. The van der Waals surface area contributed by atoms with Crippen molar-refractivity contribution >= 4 is 60.8 Å². The first-order chi connectivity index (χ1) is 29.5. The van der Waals surface area contributed by atoms with Crippen molar-refractivity contribution in [3.63, 3.8) is 0 Å². The SMILES string of the molecule is CC1(C)c2ccccc2-c2c(N(c3ccc(-c4ccccc4)cc3)c3ccc(-c4ccc5c(c4)c4ccccc4n5-c4ccccc4)c4oc5ccccc5c34)cccc21. The number of rotatable bonds is 6. The van der Waals surface area contributed by atoms with E-state index in [0.29, 0.717) is 0 Å². The van der Waals surface area contributed by atoms with E-state index >= 15 is 0 Å². The molecule has 11 aromatic rings. The van der Waals surface area contributed by atoms with Crippen molar-refractivity contribution in [3.8, 4) is 39.1 Å². The summed E-state index contributed by atoms with van der Waals surface area (Å²) in [5.41, 5.74) is 18.2. The molecule has 284 valence electrons. The minimum atomic E-state index is -0.144. The van der Waals surface area contributed by atoms with Crippen LogP contribution in [0.15, 0.2) is 211 Å². The smallest absolute Gasteiger partial charge is 0.145 e. The van der Waals surface area contributed by atoms with Crippen LogP contribution in [-0.2, 0) is 5.41 Å². The number of hydrogen-bond donors (Lipinski definition) is 0. The molecule has 0 saturated heterocycles. The minimum absolute atomic E-state index is 0.144. The van der Waals surface area contributed by atoms with Crippen molar-refractivity contribution in [2.24, 2.45) is 0 Å². The van der Waals surface area contributed by atoms with Crippen LogP contribution in [-0.4, -0.2) is 4.57 Å². The molecule has 1 aliphatic rings. The van der Waals surface area contributed by atoms with Gasteiger partial charge in [-0.05, 0) is 100 Å². The number of benzene rings is 9. The van der Waals surface area contributed by atoms with Crippen LogP contribution >= 0.6 is 0 Å². The molecule has 2 heterocycles. The summed E-state index contributed by atoms with van der Waals surface area (Å²) in [6, 6.07) is 74.7. The van der Waals surface area contributed by atoms with E-state index in [-0.39, 0.29) is 5.41 Å². The highest BCUT2D eigenvalue weighted by molar-refractivity contribution is 6.18. The van der Waals surface area contributed by atoms with Gasteiger partial charge in [0.05, 0.1) is 27.8 Å². The van der Waals surface area contributed by atoms with Crippen LogP contribution in [0, 0.1) is 0 Å². The van der Waals surface area contributed by atoms with Crippen LogP contribution in [0.1, 0.15) is 25.0 Å². The monoisotopic (exact) mass is 768 g/mol. The van der Waals surface area contributed by atoms with Crippen LogP contribution in [0.25, 0.3) is 82.8 Å². The van der Waals surface area contributed by atoms with Gasteiger partial charge < -0.3 is 13.9 Å². The molecule has 0 spiro atoms. The van der Waals surface area contributed by atoms with Gasteiger partial charge in [-0.1, -0.05) is 153 Å². The van der Waals surface area contributed by atoms with E-state index in [1.807, 2.05) is 0 Å². The maximum absolute atomic E-state index is 7.00. The van der Waals surface area contributed by atoms with E-state index < -0.39 is 0 Å². The molecule has 0 radical (unpaired) electrons. The van der Waals surface area contributed by atoms with Crippen molar-refractivity contribution in [2.45, 2.75) is 19.3 Å². The molecular weight excluding hydrogens is 729 g/mol. The number of para-hydroxylation sites is 3. The van der Waals surface area contributed by atoms with E-state index in [2.05, 4.69) is 230 Å². The first kappa shape index (κ1) is 34.4. The third kappa shape index (κ3) is 5.09. The standard InChI is InChI=1S/C57H40N2O/c1-57(2)47-23-12-9-21-44(47)54-48(57)24-15-26-51(54)59(41-31-28-38(29-32-41)37-16-5-3-6-17-37)52-35-33-42(56-55(52)45-22-11-14-27-53(45)60-56)39-30-34-50-46(36-39)43-20-10-13-25-49(43)58(50)40-18-7-4-8-19-40/h3-36H,1-2H3. The van der Waals surface area contributed by atoms with Gasteiger partial charge in [-0.25, -0.2) is 0 Å². The maximum Gasteiger partial charge on any atom is 0.145 e. The molecule has 60 heavy (non-hydrogen) atoms. The van der Waals surface area contributed by atoms with Gasteiger partial charge in [0.15, 0.2) is 0 Å². The molecule has 0 N–H and O–H groups in total. The quantitative estimate of drug-likeness (QED) is 0.168. The topological polar surface area (TPSA) is 21.3 Å². The molecule has 2 aromatic heterocycles. The number of fused-ring (bicyclic) bond motifs is 9. The van der Waals surface area contributed by atoms with Crippen molar-refractivity contribution in [1.82, 2.24) is 4.57 Å². The van der Waals surface area contributed by atoms with Crippen molar-refractivity contribution in [2.75, 3.05) is 4.90 Å². The summed E-state index contributed by atoms with van der Waals surface area (Å²) in [4.78, 5) is 2.47. The Hall–Kier alpha value is -7.62. The van der Waals surface area contributed by atoms with Crippen molar-refractivity contribution < 1.29 is 4.42 Å². The summed E-state index contributed by atoms with van der Waals surface area (Å²) < 4.78 is 9.37. The maximum atomic E-state index is 7.00. The molecule has 0 saturated carbocycles. The van der Waals surface area contributed by atoms with Crippen LogP contribution in [0.5, 0.6) is 0 Å². The lowest BCUT2D eigenvalue weighted by molar-refractivity contribution is 0.660. The Morgan fingerprint density at radius 3 is 1.93 bits per heavy atom. The minimum Gasteiger partial charge on any atom is -0.455 e. The second kappa shape index (κ2) is 13.2. The van der Waals surface area contributed by atoms with Gasteiger partial charge in [-0.3, -0.25) is 0 Å². The summed E-state index contributed by atoms with van der Waals surface area (Å²) >= 11 is 0. The summed E-state index contributed by atoms with van der Waals surface area (Å²) in [5, 5.41) is 4.61. The highest BCUT2D eigenvalue weighted by atomic mass is 16.3. The highest BCUT2D eigenvalue weighted by Crippen LogP contribution is 2.55. The van der Waals surface area contributed by atoms with Crippen LogP contribution in [0.2, 0.25) is 0 Å². The Bertz CT molecular complexity index is 3450. The van der Waals surface area contributed by atoms with Gasteiger partial charge in [0, 0.05) is 44.1 Å². The van der Waals surface area contributed by atoms with Gasteiger partial charge in [0.25, 0.3) is 0 Å². The Morgan fingerprint density at radius 1 is 0.450 bits per heavy atom. The Balaban J connectivity index is 1.12. The molecule has 0 amide bonds. The lowest BCUT2D eigenvalue weighted by Gasteiger charge is -2.30. The molecule has 3 heteroatoms. The number of anilines is 3. The highest BCUT2D eigenvalue weighted by Gasteiger charge is 2.38. The predicted molar refractivity (Wildman–Crippen MR) is 251 cm³/mol. The fraction of sp³-hybridized carbons (Fsp3) is 0.0526. The number of nitrogens with zero attached hydrogens (tertiary/aromatic N) is 2. The van der Waals surface area contributed by atoms with Crippen LogP contribution in [0.4, 0.5) is 17.1 Å². The van der Waals surface area contributed by atoms with E-state index in [1.165, 1.54) is 55.2 Å². The normalized spacial score (nSPS) is 13.0. The van der Waals surface area contributed by atoms with E-state index in [1.54, 1.807) is 0 Å². The van der Waals surface area contributed by atoms with Gasteiger partial charge >= 0.3 is 0 Å². The molecule has 0 bridgehead atoms. The molecule has 0 atom stereocenters. The third-order valence-corrected chi connectivity index (χ3v) is 12.8. The predicted octanol–water partition coefficient (Wildman–Crippen LogP) is 15.8. The average molecular weight is 769 g/mol. The summed E-state index contributed by atoms with van der Waals surface area (Å²) in [6.45, 7) is 4.70.